The Labute approximate surface area is 166 Å². The van der Waals surface area contributed by atoms with Crippen LogP contribution >= 0.6 is 0 Å². The first-order chi connectivity index (χ1) is 12.9. The molecule has 4 nitrogen and oxygen atoms in total. The predicted octanol–water partition coefficient (Wildman–Crippen LogP) is 5.38. The molecule has 0 heterocycles. The highest BCUT2D eigenvalue weighted by molar-refractivity contribution is 6.18. The van der Waals surface area contributed by atoms with Gasteiger partial charge in [0.25, 0.3) is 0 Å². The van der Waals surface area contributed by atoms with Crippen LogP contribution in [0.15, 0.2) is 42.5 Å². The molecule has 0 unspecified atom stereocenters. The summed E-state index contributed by atoms with van der Waals surface area (Å²) in [5, 5.41) is 0. The van der Waals surface area contributed by atoms with Gasteiger partial charge in [0, 0.05) is 27.5 Å². The largest absolute Gasteiger partial charge is 0.496 e. The number of methoxy groups -OCH3 is 1. The van der Waals surface area contributed by atoms with Crippen LogP contribution in [0.3, 0.4) is 0 Å². The van der Waals surface area contributed by atoms with Crippen LogP contribution in [-0.2, 0) is 0 Å². The van der Waals surface area contributed by atoms with Gasteiger partial charge in [-0.3, -0.25) is 14.4 Å². The molecular formula is C24H28O4. The lowest BCUT2D eigenvalue weighted by atomic mass is 9.80. The summed E-state index contributed by atoms with van der Waals surface area (Å²) in [7, 11) is 1.50. The fourth-order valence-electron chi connectivity index (χ4n) is 2.89. The van der Waals surface area contributed by atoms with E-state index in [1.54, 1.807) is 63.2 Å². The number of ether oxygens (including phenoxy) is 1. The molecule has 0 amide bonds. The molecule has 2 rings (SSSR count). The lowest BCUT2D eigenvalue weighted by Gasteiger charge is -2.21. The van der Waals surface area contributed by atoms with E-state index in [0.717, 1.165) is 0 Å². The van der Waals surface area contributed by atoms with Gasteiger partial charge in [0.2, 0.25) is 0 Å². The van der Waals surface area contributed by atoms with Gasteiger partial charge in [-0.05, 0) is 24.3 Å². The molecule has 2 aromatic carbocycles. The summed E-state index contributed by atoms with van der Waals surface area (Å²) in [4.78, 5) is 39.1. The van der Waals surface area contributed by atoms with Crippen LogP contribution in [0.5, 0.6) is 5.75 Å². The second kappa shape index (κ2) is 7.70. The van der Waals surface area contributed by atoms with E-state index >= 15 is 0 Å². The van der Waals surface area contributed by atoms with E-state index < -0.39 is 10.8 Å². The summed E-state index contributed by atoms with van der Waals surface area (Å²) in [5.74, 6) is -0.127. The molecule has 2 aromatic rings. The number of ketones is 3. The molecule has 0 aliphatic carbocycles. The van der Waals surface area contributed by atoms with Crippen LogP contribution in [0.25, 0.3) is 0 Å². The summed E-state index contributed by atoms with van der Waals surface area (Å²) in [6.07, 6.45) is 0. The minimum absolute atomic E-state index is 0.0771. The molecule has 0 N–H and O–H groups in total. The number of carbonyl (C=O) groups is 3. The third-order valence-electron chi connectivity index (χ3n) is 4.48. The number of Topliss-reactive ketones (excluding diaryl/α,β-unsaturated/α-hetero) is 2. The average Bonchev–Trinajstić information content (AvgIpc) is 2.64. The van der Waals surface area contributed by atoms with Gasteiger partial charge < -0.3 is 4.74 Å². The number of para-hydroxylation sites is 1. The Morgan fingerprint density at radius 2 is 1.29 bits per heavy atom. The molecule has 28 heavy (non-hydrogen) atoms. The Balaban J connectivity index is 2.68. The van der Waals surface area contributed by atoms with E-state index in [2.05, 4.69) is 0 Å². The summed E-state index contributed by atoms with van der Waals surface area (Å²) in [6, 6.07) is 11.7. The first-order valence-corrected chi connectivity index (χ1v) is 9.29. The first kappa shape index (κ1) is 21.5. The van der Waals surface area contributed by atoms with Gasteiger partial charge in [0.15, 0.2) is 17.3 Å². The molecule has 0 atom stereocenters. The summed E-state index contributed by atoms with van der Waals surface area (Å²) >= 11 is 0. The fraction of sp³-hybridized carbons (Fsp3) is 0.375. The number of hydrogen-bond donors (Lipinski definition) is 0. The van der Waals surface area contributed by atoms with Crippen molar-refractivity contribution in [3.05, 3.63) is 64.7 Å². The highest BCUT2D eigenvalue weighted by atomic mass is 16.5. The highest BCUT2D eigenvalue weighted by Gasteiger charge is 2.30. The van der Waals surface area contributed by atoms with Crippen molar-refractivity contribution in [1.82, 2.24) is 0 Å². The van der Waals surface area contributed by atoms with Crippen molar-refractivity contribution < 1.29 is 19.1 Å². The van der Waals surface area contributed by atoms with E-state index in [-0.39, 0.29) is 28.5 Å². The fourth-order valence-corrected chi connectivity index (χ4v) is 2.89. The lowest BCUT2D eigenvalue weighted by molar-refractivity contribution is 0.0850. The molecule has 0 aromatic heterocycles. The van der Waals surface area contributed by atoms with Gasteiger partial charge in [-0.25, -0.2) is 0 Å². The Bertz CT molecular complexity index is 924. The second-order valence-corrected chi connectivity index (χ2v) is 8.95. The van der Waals surface area contributed by atoms with Crippen LogP contribution in [0.4, 0.5) is 0 Å². The van der Waals surface area contributed by atoms with Gasteiger partial charge in [0.1, 0.15) is 5.75 Å². The third kappa shape index (κ3) is 4.38. The SMILES string of the molecule is COc1ccccc1C(=O)c1ccc(C(=O)C(C)(C)C)cc1C(=O)C(C)(C)C. The number of benzene rings is 2. The summed E-state index contributed by atoms with van der Waals surface area (Å²) in [5.41, 5.74) is 0.0584. The number of rotatable bonds is 5. The second-order valence-electron chi connectivity index (χ2n) is 8.95. The summed E-state index contributed by atoms with van der Waals surface area (Å²) in [6.45, 7) is 10.9. The summed E-state index contributed by atoms with van der Waals surface area (Å²) < 4.78 is 5.30. The standard InChI is InChI=1S/C24H28O4/c1-23(2,3)21(26)15-12-13-16(18(14-15)22(27)24(4,5)6)20(25)17-10-8-9-11-19(17)28-7/h8-14H,1-7H3. The quantitative estimate of drug-likeness (QED) is 0.653. The van der Waals surface area contributed by atoms with Crippen LogP contribution in [0.1, 0.15) is 78.2 Å². The molecule has 4 heteroatoms. The normalized spacial score (nSPS) is 11.8. The maximum Gasteiger partial charge on any atom is 0.197 e. The molecule has 0 fully saturated rings. The lowest BCUT2D eigenvalue weighted by Crippen LogP contribution is -2.25. The maximum atomic E-state index is 13.2. The van der Waals surface area contributed by atoms with E-state index in [9.17, 15) is 14.4 Å². The predicted molar refractivity (Wildman–Crippen MR) is 110 cm³/mol. The van der Waals surface area contributed by atoms with Crippen LogP contribution in [0.2, 0.25) is 0 Å². The zero-order valence-corrected chi connectivity index (χ0v) is 17.7. The molecule has 0 saturated heterocycles. The molecule has 0 aliphatic heterocycles. The molecule has 0 radical (unpaired) electrons. The molecule has 0 aliphatic rings. The Morgan fingerprint density at radius 3 is 1.82 bits per heavy atom. The Kier molecular flexibility index (Phi) is 5.93. The van der Waals surface area contributed by atoms with E-state index in [4.69, 9.17) is 4.74 Å². The highest BCUT2D eigenvalue weighted by Crippen LogP contribution is 2.30. The van der Waals surface area contributed by atoms with Crippen molar-refractivity contribution >= 4 is 17.3 Å². The monoisotopic (exact) mass is 380 g/mol. The molecule has 0 saturated carbocycles. The van der Waals surface area contributed by atoms with E-state index in [1.807, 2.05) is 20.8 Å². The molecule has 0 bridgehead atoms. The first-order valence-electron chi connectivity index (χ1n) is 9.29. The average molecular weight is 380 g/mol. The Morgan fingerprint density at radius 1 is 0.714 bits per heavy atom. The van der Waals surface area contributed by atoms with Crippen molar-refractivity contribution in [3.8, 4) is 5.75 Å². The minimum atomic E-state index is -0.695. The van der Waals surface area contributed by atoms with Crippen molar-refractivity contribution in [3.63, 3.8) is 0 Å². The van der Waals surface area contributed by atoms with Crippen LogP contribution in [0, 0.1) is 10.8 Å². The van der Waals surface area contributed by atoms with E-state index in [1.165, 1.54) is 7.11 Å². The maximum absolute atomic E-state index is 13.2. The third-order valence-corrected chi connectivity index (χ3v) is 4.48. The van der Waals surface area contributed by atoms with Gasteiger partial charge in [-0.15, -0.1) is 0 Å². The van der Waals surface area contributed by atoms with Crippen molar-refractivity contribution in [1.29, 1.82) is 0 Å². The Hall–Kier alpha value is -2.75. The molecular weight excluding hydrogens is 352 g/mol. The van der Waals surface area contributed by atoms with E-state index in [0.29, 0.717) is 16.9 Å². The molecule has 0 spiro atoms. The molecule has 148 valence electrons. The topological polar surface area (TPSA) is 60.4 Å². The van der Waals surface area contributed by atoms with Gasteiger partial charge in [-0.2, -0.15) is 0 Å². The number of hydrogen-bond acceptors (Lipinski definition) is 4. The minimum Gasteiger partial charge on any atom is -0.496 e. The van der Waals surface area contributed by atoms with Crippen LogP contribution in [-0.4, -0.2) is 24.5 Å². The van der Waals surface area contributed by atoms with Crippen molar-refractivity contribution in [2.75, 3.05) is 7.11 Å². The van der Waals surface area contributed by atoms with Gasteiger partial charge in [0.05, 0.1) is 12.7 Å². The smallest absolute Gasteiger partial charge is 0.197 e. The van der Waals surface area contributed by atoms with Crippen molar-refractivity contribution in [2.24, 2.45) is 10.8 Å². The number of carbonyl (C=O) groups excluding carboxylic acids is 3. The zero-order chi connectivity index (χ0) is 21.3. The van der Waals surface area contributed by atoms with Gasteiger partial charge in [-0.1, -0.05) is 59.7 Å². The van der Waals surface area contributed by atoms with Crippen LogP contribution < -0.4 is 4.74 Å². The van der Waals surface area contributed by atoms with Gasteiger partial charge >= 0.3 is 0 Å². The zero-order valence-electron chi connectivity index (χ0n) is 17.7. The van der Waals surface area contributed by atoms with Crippen molar-refractivity contribution in [2.45, 2.75) is 41.5 Å².